The maximum absolute atomic E-state index is 4.62. The molecule has 0 amide bonds. The third-order valence-electron chi connectivity index (χ3n) is 3.98. The van der Waals surface area contributed by atoms with Crippen LogP contribution in [0.3, 0.4) is 0 Å². The van der Waals surface area contributed by atoms with E-state index in [0.717, 1.165) is 25.7 Å². The van der Waals surface area contributed by atoms with Gasteiger partial charge in [-0.15, -0.1) is 0 Å². The lowest BCUT2D eigenvalue weighted by atomic mass is 9.89. The Balaban J connectivity index is 1.82. The van der Waals surface area contributed by atoms with Crippen molar-refractivity contribution < 1.29 is 0 Å². The Morgan fingerprint density at radius 1 is 1.40 bits per heavy atom. The van der Waals surface area contributed by atoms with Gasteiger partial charge in [-0.25, -0.2) is 0 Å². The molecule has 4 heteroatoms. The van der Waals surface area contributed by atoms with Gasteiger partial charge in [0.15, 0.2) is 0 Å². The van der Waals surface area contributed by atoms with Crippen molar-refractivity contribution in [3.8, 4) is 0 Å². The first-order chi connectivity index (χ1) is 9.41. The molecule has 0 saturated heterocycles. The predicted octanol–water partition coefficient (Wildman–Crippen LogP) is 2.29. The predicted molar refractivity (Wildman–Crippen MR) is 83.9 cm³/mol. The van der Waals surface area contributed by atoms with Crippen LogP contribution in [0.5, 0.6) is 0 Å². The van der Waals surface area contributed by atoms with E-state index in [2.05, 4.69) is 49.2 Å². The van der Waals surface area contributed by atoms with E-state index in [-0.39, 0.29) is 5.41 Å². The molecular weight excluding hydrogens is 248 g/mol. The average Bonchev–Trinajstić information content (AvgIpc) is 3.11. The monoisotopic (exact) mass is 278 g/mol. The minimum absolute atomic E-state index is 0.113. The molecule has 2 rings (SSSR count). The summed E-state index contributed by atoms with van der Waals surface area (Å²) in [6.45, 7) is 13.3. The van der Waals surface area contributed by atoms with Crippen molar-refractivity contribution in [1.82, 2.24) is 20.0 Å². The lowest BCUT2D eigenvalue weighted by Crippen LogP contribution is -2.33. The molecule has 0 radical (unpaired) electrons. The fraction of sp³-hybridized carbons (Fsp3) is 0.812. The molecule has 0 unspecified atom stereocenters. The maximum Gasteiger partial charge on any atom is 0.0722 e. The summed E-state index contributed by atoms with van der Waals surface area (Å²) < 4.78 is 1.93. The third kappa shape index (κ3) is 4.06. The van der Waals surface area contributed by atoms with Crippen LogP contribution in [-0.2, 0) is 19.0 Å². The minimum Gasteiger partial charge on any atom is -0.311 e. The summed E-state index contributed by atoms with van der Waals surface area (Å²) in [6.07, 6.45) is 4.93. The number of aryl methyl sites for hydroxylation is 1. The molecule has 1 heterocycles. The highest BCUT2D eigenvalue weighted by atomic mass is 15.3. The lowest BCUT2D eigenvalue weighted by Gasteiger charge is -2.20. The van der Waals surface area contributed by atoms with Gasteiger partial charge in [-0.1, -0.05) is 27.7 Å². The molecule has 1 aromatic heterocycles. The topological polar surface area (TPSA) is 33.1 Å². The first kappa shape index (κ1) is 15.5. The number of hydrogen-bond acceptors (Lipinski definition) is 3. The molecule has 1 N–H and O–H groups in total. The van der Waals surface area contributed by atoms with Crippen LogP contribution >= 0.6 is 0 Å². The summed E-state index contributed by atoms with van der Waals surface area (Å²) in [6, 6.07) is 0.866. The van der Waals surface area contributed by atoms with Gasteiger partial charge in [0.1, 0.15) is 0 Å². The Morgan fingerprint density at radius 2 is 2.10 bits per heavy atom. The molecule has 0 atom stereocenters. The highest BCUT2D eigenvalue weighted by Crippen LogP contribution is 2.26. The third-order valence-corrected chi connectivity index (χ3v) is 3.98. The van der Waals surface area contributed by atoms with Crippen molar-refractivity contribution in [2.24, 2.45) is 7.05 Å². The Morgan fingerprint density at radius 3 is 2.65 bits per heavy atom. The molecule has 20 heavy (non-hydrogen) atoms. The van der Waals surface area contributed by atoms with Gasteiger partial charge in [0.25, 0.3) is 0 Å². The van der Waals surface area contributed by atoms with E-state index in [4.69, 9.17) is 0 Å². The van der Waals surface area contributed by atoms with Crippen LogP contribution in [-0.4, -0.2) is 40.4 Å². The zero-order chi connectivity index (χ0) is 14.8. The summed E-state index contributed by atoms with van der Waals surface area (Å²) in [5.41, 5.74) is 2.65. The van der Waals surface area contributed by atoms with Crippen molar-refractivity contribution in [2.45, 2.75) is 58.5 Å². The van der Waals surface area contributed by atoms with Gasteiger partial charge in [0, 0.05) is 49.9 Å². The van der Waals surface area contributed by atoms with Crippen LogP contribution in [0.4, 0.5) is 0 Å². The van der Waals surface area contributed by atoms with Gasteiger partial charge in [-0.05, 0) is 19.4 Å². The van der Waals surface area contributed by atoms with Crippen LogP contribution in [0.2, 0.25) is 0 Å². The van der Waals surface area contributed by atoms with Gasteiger partial charge in [0.2, 0.25) is 0 Å². The molecule has 1 fully saturated rings. The molecule has 0 aromatic carbocycles. The number of nitrogens with one attached hydrogen (secondary N) is 1. The Bertz CT molecular complexity index is 426. The largest absolute Gasteiger partial charge is 0.311 e. The molecule has 1 aliphatic rings. The van der Waals surface area contributed by atoms with Gasteiger partial charge in [-0.2, -0.15) is 5.10 Å². The first-order valence-corrected chi connectivity index (χ1v) is 7.89. The number of rotatable bonds is 7. The van der Waals surface area contributed by atoms with Crippen molar-refractivity contribution in [3.63, 3.8) is 0 Å². The molecule has 0 bridgehead atoms. The van der Waals surface area contributed by atoms with Gasteiger partial charge >= 0.3 is 0 Å². The van der Waals surface area contributed by atoms with Crippen LogP contribution in [0.25, 0.3) is 0 Å². The Kier molecular flexibility index (Phi) is 4.86. The summed E-state index contributed by atoms with van der Waals surface area (Å²) in [7, 11) is 2.00. The van der Waals surface area contributed by atoms with Gasteiger partial charge in [-0.3, -0.25) is 9.58 Å². The number of nitrogens with zero attached hydrogens (tertiary/aromatic N) is 3. The average molecular weight is 278 g/mol. The van der Waals surface area contributed by atoms with Crippen molar-refractivity contribution in [1.29, 1.82) is 0 Å². The fourth-order valence-corrected chi connectivity index (χ4v) is 2.78. The Hall–Kier alpha value is -0.870. The van der Waals surface area contributed by atoms with Crippen LogP contribution in [0, 0.1) is 0 Å². The summed E-state index contributed by atoms with van der Waals surface area (Å²) in [4.78, 5) is 2.58. The quantitative estimate of drug-likeness (QED) is 0.777. The summed E-state index contributed by atoms with van der Waals surface area (Å²) in [5.74, 6) is 0. The van der Waals surface area contributed by atoms with Gasteiger partial charge < -0.3 is 5.32 Å². The molecule has 1 saturated carbocycles. The second kappa shape index (κ2) is 6.27. The van der Waals surface area contributed by atoms with E-state index in [0.29, 0.717) is 0 Å². The molecular formula is C16H30N4. The second-order valence-corrected chi connectivity index (χ2v) is 6.96. The Labute approximate surface area is 123 Å². The zero-order valence-electron chi connectivity index (χ0n) is 13.7. The minimum atomic E-state index is 0.113. The van der Waals surface area contributed by atoms with Crippen molar-refractivity contribution >= 4 is 0 Å². The maximum atomic E-state index is 4.62. The molecule has 1 aromatic rings. The summed E-state index contributed by atoms with van der Waals surface area (Å²) in [5, 5.41) is 8.20. The standard InChI is InChI=1S/C16H30N4/c1-6-20(14-7-8-14)10-9-17-11-13-12-19(5)18-15(13)16(2,3)4/h12,14,17H,6-11H2,1-5H3. The zero-order valence-corrected chi connectivity index (χ0v) is 13.7. The summed E-state index contributed by atoms with van der Waals surface area (Å²) >= 11 is 0. The fourth-order valence-electron chi connectivity index (χ4n) is 2.78. The van der Waals surface area contributed by atoms with E-state index in [9.17, 15) is 0 Å². The smallest absolute Gasteiger partial charge is 0.0722 e. The lowest BCUT2D eigenvalue weighted by molar-refractivity contribution is 0.277. The van der Waals surface area contributed by atoms with Gasteiger partial charge in [0.05, 0.1) is 5.69 Å². The van der Waals surface area contributed by atoms with E-state index < -0.39 is 0 Å². The van der Waals surface area contributed by atoms with Crippen molar-refractivity contribution in [3.05, 3.63) is 17.5 Å². The molecule has 1 aliphatic carbocycles. The normalized spacial score (nSPS) is 16.1. The van der Waals surface area contributed by atoms with E-state index in [1.807, 2.05) is 11.7 Å². The SMILES string of the molecule is CCN(CCNCc1cn(C)nc1C(C)(C)C)C1CC1. The van der Waals surface area contributed by atoms with Crippen molar-refractivity contribution in [2.75, 3.05) is 19.6 Å². The number of aromatic nitrogens is 2. The number of hydrogen-bond donors (Lipinski definition) is 1. The highest BCUT2D eigenvalue weighted by molar-refractivity contribution is 5.23. The first-order valence-electron chi connectivity index (χ1n) is 7.89. The molecule has 114 valence electrons. The van der Waals surface area contributed by atoms with Crippen LogP contribution < -0.4 is 5.32 Å². The number of likely N-dealkylation sites (N-methyl/N-ethyl adjacent to an activating group) is 1. The van der Waals surface area contributed by atoms with E-state index in [1.54, 1.807) is 0 Å². The molecule has 0 aliphatic heterocycles. The van der Waals surface area contributed by atoms with Crippen LogP contribution in [0.15, 0.2) is 6.20 Å². The molecule has 4 nitrogen and oxygen atoms in total. The van der Waals surface area contributed by atoms with E-state index in [1.165, 1.54) is 30.6 Å². The highest BCUT2D eigenvalue weighted by Gasteiger charge is 2.27. The molecule has 0 spiro atoms. The van der Waals surface area contributed by atoms with Crippen LogP contribution in [0.1, 0.15) is 51.8 Å². The van der Waals surface area contributed by atoms with E-state index >= 15 is 0 Å². The second-order valence-electron chi connectivity index (χ2n) is 6.96.